The second-order valence-corrected chi connectivity index (χ2v) is 5.73. The van der Waals surface area contributed by atoms with Crippen LogP contribution in [0.3, 0.4) is 0 Å². The van der Waals surface area contributed by atoms with Crippen LogP contribution in [0.25, 0.3) is 0 Å². The third kappa shape index (κ3) is 4.26. The van der Waals surface area contributed by atoms with Crippen molar-refractivity contribution in [1.29, 1.82) is 5.26 Å². The average Bonchev–Trinajstić information content (AvgIpc) is 2.65. The van der Waals surface area contributed by atoms with Crippen LogP contribution in [0.5, 0.6) is 11.5 Å². The van der Waals surface area contributed by atoms with Gasteiger partial charge >= 0.3 is 0 Å². The number of benzene rings is 2. The minimum atomic E-state index is -0.550. The Labute approximate surface area is 153 Å². The van der Waals surface area contributed by atoms with Crippen LogP contribution < -0.4 is 10.1 Å². The summed E-state index contributed by atoms with van der Waals surface area (Å²) in [6.45, 7) is 0.247. The van der Waals surface area contributed by atoms with Gasteiger partial charge in [0.25, 0.3) is 0 Å². The second-order valence-electron chi connectivity index (χ2n) is 5.33. The molecule has 0 unspecified atom stereocenters. The van der Waals surface area contributed by atoms with E-state index in [2.05, 4.69) is 10.3 Å². The molecule has 3 aromatic rings. The lowest BCUT2D eigenvalue weighted by atomic mass is 10.2. The van der Waals surface area contributed by atoms with Crippen molar-refractivity contribution in [2.75, 3.05) is 5.32 Å². The van der Waals surface area contributed by atoms with Crippen molar-refractivity contribution in [3.05, 3.63) is 82.6 Å². The van der Waals surface area contributed by atoms with Crippen molar-refractivity contribution in [3.8, 4) is 17.6 Å². The van der Waals surface area contributed by atoms with Crippen molar-refractivity contribution in [2.24, 2.45) is 0 Å². The summed E-state index contributed by atoms with van der Waals surface area (Å²) >= 11 is 5.76. The predicted molar refractivity (Wildman–Crippen MR) is 94.2 cm³/mol. The average molecular weight is 372 g/mol. The molecule has 0 bridgehead atoms. The first kappa shape index (κ1) is 17.6. The molecular weight excluding hydrogens is 360 g/mol. The molecule has 0 atom stereocenters. The number of hydrogen-bond acceptors (Lipinski definition) is 4. The lowest BCUT2D eigenvalue weighted by molar-refractivity contribution is 0.473. The summed E-state index contributed by atoms with van der Waals surface area (Å²) in [7, 11) is 0. The number of pyridine rings is 1. The van der Waals surface area contributed by atoms with Crippen LogP contribution in [0.15, 0.2) is 54.7 Å². The van der Waals surface area contributed by atoms with Crippen LogP contribution in [0, 0.1) is 23.0 Å². The number of anilines is 1. The molecule has 2 aromatic carbocycles. The smallest absolute Gasteiger partial charge is 0.142 e. The monoisotopic (exact) mass is 371 g/mol. The van der Waals surface area contributed by atoms with Crippen LogP contribution in [0.1, 0.15) is 11.3 Å². The van der Waals surface area contributed by atoms with E-state index in [0.717, 1.165) is 0 Å². The summed E-state index contributed by atoms with van der Waals surface area (Å²) in [6, 6.07) is 13.3. The molecule has 0 amide bonds. The topological polar surface area (TPSA) is 57.9 Å². The molecule has 0 saturated carbocycles. The van der Waals surface area contributed by atoms with Crippen LogP contribution in [-0.4, -0.2) is 4.98 Å². The van der Waals surface area contributed by atoms with E-state index in [1.54, 1.807) is 12.1 Å². The number of ether oxygens (including phenoxy) is 1. The first-order valence-electron chi connectivity index (χ1n) is 7.56. The van der Waals surface area contributed by atoms with Crippen molar-refractivity contribution >= 4 is 17.3 Å². The Kier molecular flexibility index (Phi) is 5.30. The molecule has 0 radical (unpaired) electrons. The van der Waals surface area contributed by atoms with Gasteiger partial charge < -0.3 is 10.1 Å². The van der Waals surface area contributed by atoms with E-state index in [-0.39, 0.29) is 17.3 Å². The zero-order chi connectivity index (χ0) is 18.5. The van der Waals surface area contributed by atoms with E-state index in [0.29, 0.717) is 22.7 Å². The Morgan fingerprint density at radius 2 is 1.96 bits per heavy atom. The molecule has 1 heterocycles. The Balaban J connectivity index is 1.81. The molecule has 0 aliphatic heterocycles. The van der Waals surface area contributed by atoms with Crippen LogP contribution in [0.4, 0.5) is 14.5 Å². The zero-order valence-electron chi connectivity index (χ0n) is 13.3. The van der Waals surface area contributed by atoms with Crippen LogP contribution in [0.2, 0.25) is 5.02 Å². The van der Waals surface area contributed by atoms with E-state index >= 15 is 0 Å². The summed E-state index contributed by atoms with van der Waals surface area (Å²) in [5.41, 5.74) is 1.48. The highest BCUT2D eigenvalue weighted by Gasteiger charge is 2.09. The maximum absolute atomic E-state index is 13.6. The quantitative estimate of drug-likeness (QED) is 0.662. The van der Waals surface area contributed by atoms with Gasteiger partial charge in [-0.05, 0) is 42.5 Å². The van der Waals surface area contributed by atoms with Gasteiger partial charge in [0.05, 0.1) is 5.02 Å². The summed E-state index contributed by atoms with van der Waals surface area (Å²) in [5.74, 6) is -0.235. The Morgan fingerprint density at radius 3 is 2.73 bits per heavy atom. The first-order valence-corrected chi connectivity index (χ1v) is 7.94. The predicted octanol–water partition coefficient (Wildman–Crippen LogP) is 5.29. The summed E-state index contributed by atoms with van der Waals surface area (Å²) < 4.78 is 32.6. The highest BCUT2D eigenvalue weighted by atomic mass is 35.5. The molecule has 0 spiro atoms. The molecule has 4 nitrogen and oxygen atoms in total. The maximum atomic E-state index is 13.6. The third-order valence-corrected chi connectivity index (χ3v) is 3.79. The molecular formula is C19H12ClF2N3O. The number of aromatic nitrogens is 1. The van der Waals surface area contributed by atoms with E-state index < -0.39 is 11.6 Å². The summed E-state index contributed by atoms with van der Waals surface area (Å²) in [6.07, 6.45) is 1.50. The SMILES string of the molecule is N#Cc1cc(NCc2cc(F)ccc2Oc2ccc(F)c(Cl)c2)ccn1. The standard InChI is InChI=1S/C19H12ClF2N3O/c20-17-9-16(2-3-18(17)22)26-19-4-1-13(21)7-12(19)11-25-14-5-6-24-15(8-14)10-23/h1-9H,11H2,(H,24,25). The van der Waals surface area contributed by atoms with Gasteiger partial charge in [-0.2, -0.15) is 5.26 Å². The molecule has 0 saturated heterocycles. The number of hydrogen-bond donors (Lipinski definition) is 1. The molecule has 26 heavy (non-hydrogen) atoms. The molecule has 1 aromatic heterocycles. The van der Waals surface area contributed by atoms with Crippen LogP contribution >= 0.6 is 11.6 Å². The fourth-order valence-corrected chi connectivity index (χ4v) is 2.42. The third-order valence-electron chi connectivity index (χ3n) is 3.50. The molecule has 3 rings (SSSR count). The fraction of sp³-hybridized carbons (Fsp3) is 0.0526. The Hall–Kier alpha value is -3.17. The van der Waals surface area contributed by atoms with E-state index in [1.165, 1.54) is 42.6 Å². The van der Waals surface area contributed by atoms with Gasteiger partial charge in [-0.3, -0.25) is 0 Å². The van der Waals surface area contributed by atoms with Crippen molar-refractivity contribution in [1.82, 2.24) is 4.98 Å². The number of halogens is 3. The van der Waals surface area contributed by atoms with Gasteiger partial charge in [-0.25, -0.2) is 13.8 Å². The van der Waals surface area contributed by atoms with E-state index in [4.69, 9.17) is 21.6 Å². The molecule has 130 valence electrons. The Bertz CT molecular complexity index is 989. The van der Waals surface area contributed by atoms with Gasteiger partial charge in [0, 0.05) is 30.1 Å². The van der Waals surface area contributed by atoms with E-state index in [1.807, 2.05) is 6.07 Å². The van der Waals surface area contributed by atoms with Crippen molar-refractivity contribution in [2.45, 2.75) is 6.54 Å². The normalized spacial score (nSPS) is 10.2. The van der Waals surface area contributed by atoms with E-state index in [9.17, 15) is 8.78 Å². The van der Waals surface area contributed by atoms with Crippen LogP contribution in [-0.2, 0) is 6.54 Å². The minimum absolute atomic E-state index is 0.0647. The maximum Gasteiger partial charge on any atom is 0.142 e. The van der Waals surface area contributed by atoms with Crippen molar-refractivity contribution < 1.29 is 13.5 Å². The number of nitrogens with zero attached hydrogens (tertiary/aromatic N) is 2. The minimum Gasteiger partial charge on any atom is -0.457 e. The highest BCUT2D eigenvalue weighted by Crippen LogP contribution is 2.29. The van der Waals surface area contributed by atoms with Gasteiger partial charge in [0.2, 0.25) is 0 Å². The molecule has 0 aliphatic rings. The molecule has 0 fully saturated rings. The van der Waals surface area contributed by atoms with Gasteiger partial charge in [-0.1, -0.05) is 11.6 Å². The van der Waals surface area contributed by atoms with Gasteiger partial charge in [0.1, 0.15) is 34.9 Å². The lowest BCUT2D eigenvalue weighted by Gasteiger charge is -2.13. The lowest BCUT2D eigenvalue weighted by Crippen LogP contribution is -2.03. The largest absolute Gasteiger partial charge is 0.457 e. The molecule has 7 heteroatoms. The first-order chi connectivity index (χ1) is 12.5. The number of nitrogens with one attached hydrogen (secondary N) is 1. The fourth-order valence-electron chi connectivity index (χ4n) is 2.25. The number of rotatable bonds is 5. The second kappa shape index (κ2) is 7.81. The summed E-state index contributed by atoms with van der Waals surface area (Å²) in [4.78, 5) is 3.89. The molecule has 1 N–H and O–H groups in total. The zero-order valence-corrected chi connectivity index (χ0v) is 14.1. The Morgan fingerprint density at radius 1 is 1.12 bits per heavy atom. The molecule has 0 aliphatic carbocycles. The van der Waals surface area contributed by atoms with Gasteiger partial charge in [0.15, 0.2) is 0 Å². The number of nitriles is 1. The van der Waals surface area contributed by atoms with Gasteiger partial charge in [-0.15, -0.1) is 0 Å². The summed E-state index contributed by atoms with van der Waals surface area (Å²) in [5, 5.41) is 11.9. The van der Waals surface area contributed by atoms with Crippen molar-refractivity contribution in [3.63, 3.8) is 0 Å². The highest BCUT2D eigenvalue weighted by molar-refractivity contribution is 6.30.